The Balaban J connectivity index is 1.08. The minimum Gasteiger partial charge on any atom is -0.482 e. The van der Waals surface area contributed by atoms with Crippen LogP contribution in [0.5, 0.6) is 5.75 Å². The Hall–Kier alpha value is -2.10. The minimum absolute atomic E-state index is 0.263. The third-order valence-corrected chi connectivity index (χ3v) is 7.77. The number of hydrogen-bond acceptors (Lipinski definition) is 3. The number of pyridine rings is 1. The first-order chi connectivity index (χ1) is 16.0. The highest BCUT2D eigenvalue weighted by molar-refractivity contribution is 6.31. The molecule has 5 heteroatoms. The normalized spacial score (nSPS) is 22.5. The zero-order valence-corrected chi connectivity index (χ0v) is 20.2. The smallest absolute Gasteiger partial charge is 0.173 e. The van der Waals surface area contributed by atoms with Gasteiger partial charge in [0.05, 0.1) is 5.52 Å². The number of rotatable bonds is 6. The monoisotopic (exact) mass is 481 g/mol. The fourth-order valence-corrected chi connectivity index (χ4v) is 5.73. The molecule has 33 heavy (non-hydrogen) atoms. The van der Waals surface area contributed by atoms with Crippen LogP contribution in [0.2, 0.25) is 10.0 Å². The second kappa shape index (κ2) is 10.0. The van der Waals surface area contributed by atoms with Crippen LogP contribution in [-0.4, -0.2) is 16.9 Å². The summed E-state index contributed by atoms with van der Waals surface area (Å²) in [4.78, 5) is 17.7. The standard InChI is InChI=1S/C28H29Cl2NO2/c29-22-8-12-25-20(16-22)6-11-24(31-25)10-5-18-1-3-19(4-2-18)15-26(32)28-13-7-21-17-23(30)9-14-27(21)33-28/h6,8-9,11-12,14,16-19,28H,1-5,7,10,13,15H2. The van der Waals surface area contributed by atoms with Gasteiger partial charge in [0.25, 0.3) is 0 Å². The summed E-state index contributed by atoms with van der Waals surface area (Å²) in [6.45, 7) is 0. The van der Waals surface area contributed by atoms with Crippen molar-refractivity contribution in [1.82, 2.24) is 4.98 Å². The van der Waals surface area contributed by atoms with Crippen LogP contribution in [0, 0.1) is 11.8 Å². The Kier molecular flexibility index (Phi) is 6.89. The molecule has 0 saturated heterocycles. The number of carbonyl (C=O) groups is 1. The summed E-state index contributed by atoms with van der Waals surface area (Å²) < 4.78 is 6.01. The average Bonchev–Trinajstić information content (AvgIpc) is 2.83. The topological polar surface area (TPSA) is 39.2 Å². The van der Waals surface area contributed by atoms with Gasteiger partial charge in [-0.1, -0.05) is 42.1 Å². The molecule has 2 aliphatic rings. The zero-order chi connectivity index (χ0) is 22.8. The molecule has 1 aromatic heterocycles. The SMILES string of the molecule is O=C(CC1CCC(CCc2ccc3cc(Cl)ccc3n2)CC1)C1CCc2cc(Cl)ccc2O1. The van der Waals surface area contributed by atoms with Crippen LogP contribution in [0.1, 0.15) is 56.2 Å². The maximum absolute atomic E-state index is 12.9. The van der Waals surface area contributed by atoms with E-state index in [1.54, 1.807) is 0 Å². The van der Waals surface area contributed by atoms with E-state index in [4.69, 9.17) is 32.9 Å². The number of fused-ring (bicyclic) bond motifs is 2. The Morgan fingerprint density at radius 2 is 1.67 bits per heavy atom. The zero-order valence-electron chi connectivity index (χ0n) is 18.7. The minimum atomic E-state index is -0.301. The molecule has 5 rings (SSSR count). The van der Waals surface area contributed by atoms with Gasteiger partial charge >= 0.3 is 0 Å². The number of ketones is 1. The van der Waals surface area contributed by atoms with Crippen LogP contribution in [0.25, 0.3) is 10.9 Å². The van der Waals surface area contributed by atoms with Gasteiger partial charge in [-0.2, -0.15) is 0 Å². The van der Waals surface area contributed by atoms with Crippen molar-refractivity contribution in [2.45, 2.75) is 63.9 Å². The predicted octanol–water partition coefficient (Wildman–Crippen LogP) is 7.63. The van der Waals surface area contributed by atoms with E-state index in [0.717, 1.165) is 82.4 Å². The van der Waals surface area contributed by atoms with Crippen molar-refractivity contribution in [1.29, 1.82) is 0 Å². The van der Waals surface area contributed by atoms with Gasteiger partial charge in [0.1, 0.15) is 5.75 Å². The van der Waals surface area contributed by atoms with Crippen molar-refractivity contribution in [3.8, 4) is 5.75 Å². The van der Waals surface area contributed by atoms with E-state index in [2.05, 4.69) is 12.1 Å². The van der Waals surface area contributed by atoms with E-state index >= 15 is 0 Å². The molecule has 2 heterocycles. The summed E-state index contributed by atoms with van der Waals surface area (Å²) in [5.41, 5.74) is 3.27. The number of nitrogens with zero attached hydrogens (tertiary/aromatic N) is 1. The molecule has 0 N–H and O–H groups in total. The molecule has 3 nitrogen and oxygen atoms in total. The van der Waals surface area contributed by atoms with Crippen molar-refractivity contribution < 1.29 is 9.53 Å². The summed E-state index contributed by atoms with van der Waals surface area (Å²) in [7, 11) is 0. The molecule has 3 aromatic rings. The van der Waals surface area contributed by atoms with Crippen LogP contribution >= 0.6 is 23.2 Å². The van der Waals surface area contributed by atoms with Crippen molar-refractivity contribution in [3.05, 3.63) is 69.8 Å². The quantitative estimate of drug-likeness (QED) is 0.363. The van der Waals surface area contributed by atoms with Crippen molar-refractivity contribution in [2.24, 2.45) is 11.8 Å². The van der Waals surface area contributed by atoms with Crippen molar-refractivity contribution >= 4 is 39.9 Å². The van der Waals surface area contributed by atoms with Gasteiger partial charge in [-0.05, 0) is 98.4 Å². The molecule has 0 radical (unpaired) electrons. The Bertz CT molecular complexity index is 1150. The maximum atomic E-state index is 12.9. The second-order valence-electron chi connectivity index (χ2n) is 9.63. The molecule has 1 unspecified atom stereocenters. The second-order valence-corrected chi connectivity index (χ2v) is 10.5. The van der Waals surface area contributed by atoms with Gasteiger partial charge in [-0.15, -0.1) is 0 Å². The van der Waals surface area contributed by atoms with Crippen LogP contribution in [0.3, 0.4) is 0 Å². The molecule has 1 saturated carbocycles. The lowest BCUT2D eigenvalue weighted by atomic mass is 9.77. The highest BCUT2D eigenvalue weighted by Crippen LogP contribution is 2.35. The molecule has 1 atom stereocenters. The number of ether oxygens (including phenoxy) is 1. The fourth-order valence-electron chi connectivity index (χ4n) is 5.35. The van der Waals surface area contributed by atoms with E-state index in [-0.39, 0.29) is 11.9 Å². The van der Waals surface area contributed by atoms with E-state index in [9.17, 15) is 4.79 Å². The first-order valence-electron chi connectivity index (χ1n) is 12.1. The molecule has 1 fully saturated rings. The largest absolute Gasteiger partial charge is 0.482 e. The lowest BCUT2D eigenvalue weighted by molar-refractivity contribution is -0.127. The van der Waals surface area contributed by atoms with Gasteiger partial charge in [-0.3, -0.25) is 9.78 Å². The summed E-state index contributed by atoms with van der Waals surface area (Å²) in [5, 5.41) is 2.56. The van der Waals surface area contributed by atoms with E-state index in [1.165, 1.54) is 12.8 Å². The highest BCUT2D eigenvalue weighted by atomic mass is 35.5. The van der Waals surface area contributed by atoms with Gasteiger partial charge < -0.3 is 4.74 Å². The molecular formula is C28H29Cl2NO2. The number of halogens is 2. The third kappa shape index (κ3) is 5.53. The van der Waals surface area contributed by atoms with Crippen LogP contribution in [-0.2, 0) is 17.6 Å². The Morgan fingerprint density at radius 3 is 2.52 bits per heavy atom. The van der Waals surface area contributed by atoms with E-state index in [1.807, 2.05) is 36.4 Å². The lowest BCUT2D eigenvalue weighted by Gasteiger charge is -2.30. The molecule has 0 spiro atoms. The lowest BCUT2D eigenvalue weighted by Crippen LogP contribution is -2.33. The van der Waals surface area contributed by atoms with Crippen LogP contribution in [0.15, 0.2) is 48.5 Å². The first kappa shape index (κ1) is 22.7. The summed E-state index contributed by atoms with van der Waals surface area (Å²) in [6, 6.07) is 15.8. The maximum Gasteiger partial charge on any atom is 0.173 e. The molecular weight excluding hydrogens is 453 g/mol. The highest BCUT2D eigenvalue weighted by Gasteiger charge is 2.30. The van der Waals surface area contributed by atoms with E-state index < -0.39 is 0 Å². The number of Topliss-reactive ketones (excluding diaryl/α,β-unsaturated/α-hetero) is 1. The fraction of sp³-hybridized carbons (Fsp3) is 0.429. The third-order valence-electron chi connectivity index (χ3n) is 7.30. The number of aryl methyl sites for hydroxylation is 2. The molecule has 0 bridgehead atoms. The van der Waals surface area contributed by atoms with Crippen LogP contribution < -0.4 is 4.74 Å². The number of hydrogen-bond donors (Lipinski definition) is 0. The summed E-state index contributed by atoms with van der Waals surface area (Å²) in [6.07, 6.45) is 8.81. The van der Waals surface area contributed by atoms with Crippen molar-refractivity contribution in [2.75, 3.05) is 0 Å². The van der Waals surface area contributed by atoms with Crippen LogP contribution in [0.4, 0.5) is 0 Å². The molecule has 0 amide bonds. The molecule has 2 aromatic carbocycles. The molecule has 172 valence electrons. The Labute approximate surface area is 205 Å². The average molecular weight is 482 g/mol. The number of carbonyl (C=O) groups excluding carboxylic acids is 1. The van der Waals surface area contributed by atoms with Crippen molar-refractivity contribution in [3.63, 3.8) is 0 Å². The molecule has 1 aliphatic heterocycles. The van der Waals surface area contributed by atoms with E-state index in [0.29, 0.717) is 12.3 Å². The number of benzene rings is 2. The van der Waals surface area contributed by atoms with Gasteiger partial charge in [0.15, 0.2) is 11.9 Å². The summed E-state index contributed by atoms with van der Waals surface area (Å²) >= 11 is 12.1. The van der Waals surface area contributed by atoms with Gasteiger partial charge in [-0.25, -0.2) is 0 Å². The van der Waals surface area contributed by atoms with Gasteiger partial charge in [0, 0.05) is 27.5 Å². The predicted molar refractivity (Wildman–Crippen MR) is 134 cm³/mol. The Morgan fingerprint density at radius 1 is 0.909 bits per heavy atom. The molecule has 1 aliphatic carbocycles. The number of aromatic nitrogens is 1. The summed E-state index contributed by atoms with van der Waals surface area (Å²) in [5.74, 6) is 2.30. The first-order valence-corrected chi connectivity index (χ1v) is 12.8. The van der Waals surface area contributed by atoms with Gasteiger partial charge in [0.2, 0.25) is 0 Å².